The molecule has 90 valence electrons. The fourth-order valence-corrected chi connectivity index (χ4v) is 2.13. The Kier molecular flexibility index (Phi) is 2.73. The third-order valence-electron chi connectivity index (χ3n) is 3.07. The van der Waals surface area contributed by atoms with E-state index in [1.54, 1.807) is 0 Å². The highest BCUT2D eigenvalue weighted by Gasteiger charge is 2.23. The molecule has 1 aliphatic rings. The maximum atomic E-state index is 11.0. The molecule has 0 unspecified atom stereocenters. The Bertz CT molecular complexity index is 566. The van der Waals surface area contributed by atoms with E-state index in [9.17, 15) is 4.79 Å². The van der Waals surface area contributed by atoms with Gasteiger partial charge in [0.25, 0.3) is 0 Å². The normalized spacial score (nSPS) is 18.2. The van der Waals surface area contributed by atoms with Gasteiger partial charge in [-0.05, 0) is 22.8 Å². The minimum atomic E-state index is -0.342. The molecule has 1 heterocycles. The number of nitrogens with one attached hydrogen (secondary N) is 1. The molecule has 3 rings (SSSR count). The smallest absolute Gasteiger partial charge is 0.407 e. The molecule has 0 saturated carbocycles. The number of rotatable bonds is 2. The summed E-state index contributed by atoms with van der Waals surface area (Å²) in [6, 6.07) is 18.3. The van der Waals surface area contributed by atoms with E-state index in [0.717, 1.165) is 11.1 Å². The number of alkyl carbamates (subject to hydrolysis) is 1. The van der Waals surface area contributed by atoms with Crippen molar-refractivity contribution in [3.63, 3.8) is 0 Å². The molecule has 0 bridgehead atoms. The predicted molar refractivity (Wildman–Crippen MR) is 69.1 cm³/mol. The number of hydrogen-bond donors (Lipinski definition) is 1. The predicted octanol–water partition coefficient (Wildman–Crippen LogP) is 3.13. The maximum Gasteiger partial charge on any atom is 0.407 e. The van der Waals surface area contributed by atoms with Gasteiger partial charge in [-0.25, -0.2) is 4.79 Å². The van der Waals surface area contributed by atoms with E-state index in [1.165, 1.54) is 5.56 Å². The zero-order chi connectivity index (χ0) is 12.4. The second kappa shape index (κ2) is 4.53. The van der Waals surface area contributed by atoms with Crippen molar-refractivity contribution in [1.29, 1.82) is 0 Å². The molecule has 1 aliphatic heterocycles. The highest BCUT2D eigenvalue weighted by atomic mass is 16.6. The molecule has 1 saturated heterocycles. The SMILES string of the molecule is O=C1N[C@H](c2cccc(-c3ccccc3)c2)CO1. The van der Waals surface area contributed by atoms with Gasteiger partial charge in [-0.15, -0.1) is 0 Å². The van der Waals surface area contributed by atoms with Gasteiger partial charge in [-0.3, -0.25) is 0 Å². The Morgan fingerprint density at radius 1 is 1.00 bits per heavy atom. The lowest BCUT2D eigenvalue weighted by Gasteiger charge is -2.09. The van der Waals surface area contributed by atoms with Crippen LogP contribution in [0.3, 0.4) is 0 Å². The molecule has 18 heavy (non-hydrogen) atoms. The lowest BCUT2D eigenvalue weighted by atomic mass is 10.00. The average molecular weight is 239 g/mol. The molecule has 3 nitrogen and oxygen atoms in total. The van der Waals surface area contributed by atoms with E-state index in [-0.39, 0.29) is 12.1 Å². The monoisotopic (exact) mass is 239 g/mol. The number of ether oxygens (including phenoxy) is 1. The van der Waals surface area contributed by atoms with Crippen molar-refractivity contribution in [3.05, 3.63) is 60.2 Å². The molecule has 1 fully saturated rings. The van der Waals surface area contributed by atoms with E-state index in [1.807, 2.05) is 30.3 Å². The summed E-state index contributed by atoms with van der Waals surface area (Å²) in [7, 11) is 0. The second-order valence-corrected chi connectivity index (χ2v) is 4.29. The molecule has 0 aliphatic carbocycles. The Hall–Kier alpha value is -2.29. The first-order valence-electron chi connectivity index (χ1n) is 5.91. The first-order chi connectivity index (χ1) is 8.83. The highest BCUT2D eigenvalue weighted by molar-refractivity contribution is 5.70. The largest absolute Gasteiger partial charge is 0.447 e. The summed E-state index contributed by atoms with van der Waals surface area (Å²) < 4.78 is 4.92. The van der Waals surface area contributed by atoms with Crippen LogP contribution in [0.2, 0.25) is 0 Å². The van der Waals surface area contributed by atoms with Crippen LogP contribution < -0.4 is 5.32 Å². The van der Waals surface area contributed by atoms with Crippen LogP contribution in [0.25, 0.3) is 11.1 Å². The average Bonchev–Trinajstić information content (AvgIpc) is 2.87. The quantitative estimate of drug-likeness (QED) is 0.874. The Balaban J connectivity index is 1.92. The van der Waals surface area contributed by atoms with Crippen LogP contribution in [0.15, 0.2) is 54.6 Å². The van der Waals surface area contributed by atoms with Gasteiger partial charge in [-0.1, -0.05) is 48.5 Å². The molecule has 1 amide bonds. The molecule has 1 N–H and O–H groups in total. The number of amides is 1. The van der Waals surface area contributed by atoms with Crippen LogP contribution in [-0.4, -0.2) is 12.7 Å². The number of carbonyl (C=O) groups is 1. The van der Waals surface area contributed by atoms with E-state index in [0.29, 0.717) is 6.61 Å². The summed E-state index contributed by atoms with van der Waals surface area (Å²) in [6.45, 7) is 0.400. The summed E-state index contributed by atoms with van der Waals surface area (Å²) >= 11 is 0. The zero-order valence-corrected chi connectivity index (χ0v) is 9.80. The lowest BCUT2D eigenvalue weighted by Crippen LogP contribution is -2.18. The Morgan fingerprint density at radius 2 is 1.78 bits per heavy atom. The third kappa shape index (κ3) is 2.07. The molecule has 1 atom stereocenters. The Morgan fingerprint density at radius 3 is 2.50 bits per heavy atom. The van der Waals surface area contributed by atoms with Crippen LogP contribution in [0.5, 0.6) is 0 Å². The number of hydrogen-bond acceptors (Lipinski definition) is 2. The van der Waals surface area contributed by atoms with Crippen molar-refractivity contribution in [2.75, 3.05) is 6.61 Å². The van der Waals surface area contributed by atoms with Crippen molar-refractivity contribution in [2.45, 2.75) is 6.04 Å². The number of carbonyl (C=O) groups excluding carboxylic acids is 1. The maximum absolute atomic E-state index is 11.0. The molecular weight excluding hydrogens is 226 g/mol. The van der Waals surface area contributed by atoms with E-state index >= 15 is 0 Å². The van der Waals surface area contributed by atoms with E-state index < -0.39 is 0 Å². The Labute approximate surface area is 105 Å². The fraction of sp³-hybridized carbons (Fsp3) is 0.133. The van der Waals surface area contributed by atoms with Crippen molar-refractivity contribution in [2.24, 2.45) is 0 Å². The van der Waals surface area contributed by atoms with Gasteiger partial charge in [0.15, 0.2) is 0 Å². The summed E-state index contributed by atoms with van der Waals surface area (Å²) in [4.78, 5) is 11.0. The lowest BCUT2D eigenvalue weighted by molar-refractivity contribution is 0.177. The van der Waals surface area contributed by atoms with Gasteiger partial charge in [0.2, 0.25) is 0 Å². The molecule has 0 spiro atoms. The molecule has 3 heteroatoms. The molecular formula is C15H13NO2. The molecule has 0 aromatic heterocycles. The summed E-state index contributed by atoms with van der Waals surface area (Å²) in [5, 5.41) is 2.79. The van der Waals surface area contributed by atoms with Gasteiger partial charge in [0.1, 0.15) is 6.61 Å². The topological polar surface area (TPSA) is 38.3 Å². The van der Waals surface area contributed by atoms with Gasteiger partial charge in [0.05, 0.1) is 6.04 Å². The van der Waals surface area contributed by atoms with Gasteiger partial charge in [0, 0.05) is 0 Å². The number of cyclic esters (lactones) is 1. The standard InChI is InChI=1S/C15H13NO2/c17-15-16-14(10-18-15)13-8-4-7-12(9-13)11-5-2-1-3-6-11/h1-9,14H,10H2,(H,16,17)/t14-/m0/s1. The minimum Gasteiger partial charge on any atom is -0.447 e. The van der Waals surface area contributed by atoms with Gasteiger partial charge < -0.3 is 10.1 Å². The molecule has 2 aromatic rings. The van der Waals surface area contributed by atoms with E-state index in [4.69, 9.17) is 4.74 Å². The van der Waals surface area contributed by atoms with Crippen molar-refractivity contribution < 1.29 is 9.53 Å². The molecule has 2 aromatic carbocycles. The second-order valence-electron chi connectivity index (χ2n) is 4.29. The van der Waals surface area contributed by atoms with Crippen LogP contribution in [0.4, 0.5) is 4.79 Å². The highest BCUT2D eigenvalue weighted by Crippen LogP contribution is 2.24. The van der Waals surface area contributed by atoms with Crippen LogP contribution in [0.1, 0.15) is 11.6 Å². The van der Waals surface area contributed by atoms with Gasteiger partial charge in [-0.2, -0.15) is 0 Å². The van der Waals surface area contributed by atoms with E-state index in [2.05, 4.69) is 29.6 Å². The van der Waals surface area contributed by atoms with Gasteiger partial charge >= 0.3 is 6.09 Å². The first-order valence-corrected chi connectivity index (χ1v) is 5.91. The molecule has 0 radical (unpaired) electrons. The van der Waals surface area contributed by atoms with Crippen molar-refractivity contribution in [3.8, 4) is 11.1 Å². The zero-order valence-electron chi connectivity index (χ0n) is 9.80. The summed E-state index contributed by atoms with van der Waals surface area (Å²) in [6.07, 6.45) is -0.342. The third-order valence-corrected chi connectivity index (χ3v) is 3.07. The van der Waals surface area contributed by atoms with Crippen LogP contribution in [0, 0.1) is 0 Å². The summed E-state index contributed by atoms with van der Waals surface area (Å²) in [5.41, 5.74) is 3.39. The minimum absolute atomic E-state index is 0.0406. The first kappa shape index (κ1) is 10.8. The van der Waals surface area contributed by atoms with Crippen molar-refractivity contribution in [1.82, 2.24) is 5.32 Å². The van der Waals surface area contributed by atoms with Crippen LogP contribution >= 0.6 is 0 Å². The fourth-order valence-electron chi connectivity index (χ4n) is 2.13. The van der Waals surface area contributed by atoms with Crippen molar-refractivity contribution >= 4 is 6.09 Å². The summed E-state index contributed by atoms with van der Waals surface area (Å²) in [5.74, 6) is 0. The number of benzene rings is 2. The van der Waals surface area contributed by atoms with Crippen LogP contribution in [-0.2, 0) is 4.74 Å².